The highest BCUT2D eigenvalue weighted by Gasteiger charge is 2.38. The second-order valence-corrected chi connectivity index (χ2v) is 9.09. The number of hydrogen-bond acceptors (Lipinski definition) is 7. The number of esters is 3. The maximum atomic E-state index is 13.1. The predicted octanol–water partition coefficient (Wildman–Crippen LogP) is 5.33. The third kappa shape index (κ3) is 6.65. The number of rotatable bonds is 8. The van der Waals surface area contributed by atoms with Crippen LogP contribution >= 0.6 is 0 Å². The lowest BCUT2D eigenvalue weighted by Crippen LogP contribution is -2.32. The molecule has 0 amide bonds. The fourth-order valence-electron chi connectivity index (χ4n) is 4.91. The monoisotopic (exact) mass is 495 g/mol. The highest BCUT2D eigenvalue weighted by Crippen LogP contribution is 2.41. The first-order valence-electron chi connectivity index (χ1n) is 12.9. The SMILES string of the molecule is CCOC(=O)C1=C(C)NC(C)=C(C(=O)OCC)C1c1ccccc1/C=C/C(=O)OC1CCCCCC1. The van der Waals surface area contributed by atoms with Crippen LogP contribution in [0.1, 0.15) is 83.3 Å². The molecule has 0 atom stereocenters. The number of dihydropyridines is 1. The second-order valence-electron chi connectivity index (χ2n) is 9.09. The van der Waals surface area contributed by atoms with Crippen molar-refractivity contribution in [3.63, 3.8) is 0 Å². The molecule has 0 unspecified atom stereocenters. The van der Waals surface area contributed by atoms with Crippen LogP contribution in [0.15, 0.2) is 52.9 Å². The first-order valence-corrected chi connectivity index (χ1v) is 12.9. The number of allylic oxidation sites excluding steroid dienone is 2. The van der Waals surface area contributed by atoms with Crippen LogP contribution in [-0.2, 0) is 28.6 Å². The number of nitrogens with one attached hydrogen (secondary N) is 1. The molecule has 2 aliphatic rings. The smallest absolute Gasteiger partial charge is 0.336 e. The Morgan fingerprint density at radius 3 is 2.00 bits per heavy atom. The zero-order valence-electron chi connectivity index (χ0n) is 21.7. The predicted molar refractivity (Wildman–Crippen MR) is 138 cm³/mol. The summed E-state index contributed by atoms with van der Waals surface area (Å²) in [4.78, 5) is 38.7. The second kappa shape index (κ2) is 13.1. The van der Waals surface area contributed by atoms with Crippen molar-refractivity contribution in [1.29, 1.82) is 0 Å². The van der Waals surface area contributed by atoms with Crippen molar-refractivity contribution < 1.29 is 28.6 Å². The molecule has 0 bridgehead atoms. The van der Waals surface area contributed by atoms with Gasteiger partial charge in [-0.25, -0.2) is 14.4 Å². The molecule has 0 spiro atoms. The first kappa shape index (κ1) is 27.2. The van der Waals surface area contributed by atoms with Crippen molar-refractivity contribution in [3.05, 3.63) is 64.0 Å². The highest BCUT2D eigenvalue weighted by atomic mass is 16.5. The van der Waals surface area contributed by atoms with E-state index in [9.17, 15) is 14.4 Å². The third-order valence-electron chi connectivity index (χ3n) is 6.54. The van der Waals surface area contributed by atoms with E-state index >= 15 is 0 Å². The lowest BCUT2D eigenvalue weighted by atomic mass is 9.78. The minimum absolute atomic E-state index is 0.0497. The molecule has 7 nitrogen and oxygen atoms in total. The Hall–Kier alpha value is -3.35. The summed E-state index contributed by atoms with van der Waals surface area (Å²) in [6, 6.07) is 7.39. The van der Waals surface area contributed by atoms with E-state index in [1.165, 1.54) is 18.9 Å². The van der Waals surface area contributed by atoms with Gasteiger partial charge in [0.25, 0.3) is 0 Å². The quantitative estimate of drug-likeness (QED) is 0.226. The molecule has 1 aliphatic heterocycles. The fraction of sp³-hybridized carbons (Fsp3) is 0.483. The normalized spacial score (nSPS) is 17.6. The lowest BCUT2D eigenvalue weighted by Gasteiger charge is -2.31. The van der Waals surface area contributed by atoms with Gasteiger partial charge < -0.3 is 19.5 Å². The lowest BCUT2D eigenvalue weighted by molar-refractivity contribution is -0.143. The van der Waals surface area contributed by atoms with Crippen molar-refractivity contribution >= 4 is 24.0 Å². The first-order chi connectivity index (χ1) is 17.4. The number of benzene rings is 1. The number of carbonyl (C=O) groups is 3. The van der Waals surface area contributed by atoms with Crippen LogP contribution in [0, 0.1) is 0 Å². The number of hydrogen-bond donors (Lipinski definition) is 1. The van der Waals surface area contributed by atoms with E-state index in [0.717, 1.165) is 25.7 Å². The molecule has 1 aromatic carbocycles. The van der Waals surface area contributed by atoms with Crippen molar-refractivity contribution in [2.45, 2.75) is 78.2 Å². The van der Waals surface area contributed by atoms with E-state index < -0.39 is 23.8 Å². The third-order valence-corrected chi connectivity index (χ3v) is 6.54. The highest BCUT2D eigenvalue weighted by molar-refractivity contribution is 6.00. The largest absolute Gasteiger partial charge is 0.463 e. The van der Waals surface area contributed by atoms with Crippen LogP contribution < -0.4 is 5.32 Å². The minimum atomic E-state index is -0.719. The average Bonchev–Trinajstić information content (AvgIpc) is 3.11. The van der Waals surface area contributed by atoms with Gasteiger partial charge in [0.1, 0.15) is 6.10 Å². The van der Waals surface area contributed by atoms with Gasteiger partial charge in [-0.2, -0.15) is 0 Å². The molecule has 3 rings (SSSR count). The Morgan fingerprint density at radius 2 is 1.44 bits per heavy atom. The van der Waals surface area contributed by atoms with E-state index in [-0.39, 0.29) is 19.3 Å². The molecule has 1 saturated carbocycles. The summed E-state index contributed by atoms with van der Waals surface area (Å²) in [7, 11) is 0. The van der Waals surface area contributed by atoms with Crippen LogP contribution in [0.3, 0.4) is 0 Å². The van der Waals surface area contributed by atoms with E-state index in [2.05, 4.69) is 5.32 Å². The van der Waals surface area contributed by atoms with Crippen LogP contribution in [0.5, 0.6) is 0 Å². The topological polar surface area (TPSA) is 90.9 Å². The van der Waals surface area contributed by atoms with Crippen LogP contribution in [0.25, 0.3) is 6.08 Å². The summed E-state index contributed by atoms with van der Waals surface area (Å²) >= 11 is 0. The van der Waals surface area contributed by atoms with Gasteiger partial charge >= 0.3 is 17.9 Å². The molecule has 1 fully saturated rings. The molecule has 1 aliphatic carbocycles. The van der Waals surface area contributed by atoms with Crippen LogP contribution in [-0.4, -0.2) is 37.2 Å². The summed E-state index contributed by atoms with van der Waals surface area (Å²) in [5.74, 6) is -2.12. The summed E-state index contributed by atoms with van der Waals surface area (Å²) in [6.45, 7) is 7.45. The van der Waals surface area contributed by atoms with Crippen LogP contribution in [0.2, 0.25) is 0 Å². The van der Waals surface area contributed by atoms with Crippen molar-refractivity contribution in [3.8, 4) is 0 Å². The maximum Gasteiger partial charge on any atom is 0.336 e. The zero-order chi connectivity index (χ0) is 26.1. The van der Waals surface area contributed by atoms with Crippen LogP contribution in [0.4, 0.5) is 0 Å². The van der Waals surface area contributed by atoms with Crippen molar-refractivity contribution in [1.82, 2.24) is 5.32 Å². The molecule has 36 heavy (non-hydrogen) atoms. The molecular formula is C29H37NO6. The molecule has 0 radical (unpaired) electrons. The van der Waals surface area contributed by atoms with Gasteiger partial charge in [-0.15, -0.1) is 0 Å². The fourth-order valence-corrected chi connectivity index (χ4v) is 4.91. The van der Waals surface area contributed by atoms with Crippen molar-refractivity contribution in [2.75, 3.05) is 13.2 Å². The Bertz CT molecular complexity index is 1020. The summed E-state index contributed by atoms with van der Waals surface area (Å²) in [5, 5.41) is 3.14. The molecule has 0 aromatic heterocycles. The molecule has 1 N–H and O–H groups in total. The van der Waals surface area contributed by atoms with Crippen molar-refractivity contribution in [2.24, 2.45) is 0 Å². The van der Waals surface area contributed by atoms with E-state index in [1.807, 2.05) is 24.3 Å². The van der Waals surface area contributed by atoms with Gasteiger partial charge in [-0.3, -0.25) is 0 Å². The van der Waals surface area contributed by atoms with Gasteiger partial charge in [0.2, 0.25) is 0 Å². The Balaban J connectivity index is 1.99. The minimum Gasteiger partial charge on any atom is -0.463 e. The zero-order valence-corrected chi connectivity index (χ0v) is 21.7. The Labute approximate surface area is 213 Å². The summed E-state index contributed by atoms with van der Waals surface area (Å²) in [5.41, 5.74) is 3.29. The van der Waals surface area contributed by atoms with Gasteiger partial charge in [0.05, 0.1) is 30.3 Å². The van der Waals surface area contributed by atoms with Gasteiger partial charge in [-0.1, -0.05) is 37.1 Å². The molecular weight excluding hydrogens is 458 g/mol. The molecule has 0 saturated heterocycles. The molecule has 194 valence electrons. The maximum absolute atomic E-state index is 13.1. The Morgan fingerprint density at radius 1 is 0.889 bits per heavy atom. The molecule has 7 heteroatoms. The summed E-state index contributed by atoms with van der Waals surface area (Å²) in [6.07, 6.45) is 9.36. The van der Waals surface area contributed by atoms with E-state index in [4.69, 9.17) is 14.2 Å². The standard InChI is InChI=1S/C29H37NO6/c1-5-34-28(32)25-19(3)30-20(4)26(29(33)35-6-2)27(25)23-16-12-11-13-21(23)17-18-24(31)36-22-14-9-7-8-10-15-22/h11-13,16-18,22,27,30H,5-10,14-15H2,1-4H3/b18-17+. The average molecular weight is 496 g/mol. The number of carbonyl (C=O) groups excluding carboxylic acids is 3. The summed E-state index contributed by atoms with van der Waals surface area (Å²) < 4.78 is 16.4. The van der Waals surface area contributed by atoms with Gasteiger partial charge in [-0.05, 0) is 70.6 Å². The Kier molecular flexibility index (Phi) is 9.91. The number of ether oxygens (including phenoxy) is 3. The van der Waals surface area contributed by atoms with Gasteiger partial charge in [0.15, 0.2) is 0 Å². The molecule has 1 heterocycles. The van der Waals surface area contributed by atoms with Gasteiger partial charge in [0, 0.05) is 17.5 Å². The van der Waals surface area contributed by atoms with E-state index in [1.54, 1.807) is 33.8 Å². The molecule has 1 aromatic rings. The van der Waals surface area contributed by atoms with E-state index in [0.29, 0.717) is 33.7 Å².